The number of halogens is 1. The number of nitrogens with two attached hydrogens (primary N) is 1. The van der Waals surface area contributed by atoms with E-state index in [2.05, 4.69) is 10.2 Å². The third-order valence-electron chi connectivity index (χ3n) is 3.90. The highest BCUT2D eigenvalue weighted by Gasteiger charge is 2.52. The van der Waals surface area contributed by atoms with Crippen LogP contribution in [-0.4, -0.2) is 40.2 Å². The fraction of sp³-hybridized carbons (Fsp3) is 0.538. The molecular weight excluding hydrogens is 292 g/mol. The molecule has 1 aliphatic heterocycles. The fourth-order valence-electron chi connectivity index (χ4n) is 1.89. The van der Waals surface area contributed by atoms with Crippen LogP contribution < -0.4 is 5.73 Å². The minimum Gasteiger partial charge on any atom is -0.400 e. The van der Waals surface area contributed by atoms with E-state index < -0.39 is 18.3 Å². The molecule has 1 fully saturated rings. The van der Waals surface area contributed by atoms with Crippen molar-refractivity contribution in [2.45, 2.75) is 38.9 Å². The molecule has 1 aromatic heterocycles. The average Bonchev–Trinajstić information content (AvgIpc) is 2.59. The number of aliphatic hydroxyl groups is 1. The Labute approximate surface area is 129 Å². The van der Waals surface area contributed by atoms with Gasteiger partial charge in [-0.3, -0.25) is 0 Å². The lowest BCUT2D eigenvalue weighted by molar-refractivity contribution is 0.00578. The Bertz CT molecular complexity index is 562. The molecule has 114 valence electrons. The van der Waals surface area contributed by atoms with Crippen LogP contribution >= 0.6 is 11.6 Å². The number of hydrogen-bond acceptors (Lipinski definition) is 6. The van der Waals surface area contributed by atoms with Gasteiger partial charge in [0.05, 0.1) is 17.8 Å². The largest absolute Gasteiger partial charge is 0.492 e. The Morgan fingerprint density at radius 1 is 1.33 bits per heavy atom. The summed E-state index contributed by atoms with van der Waals surface area (Å²) in [5.74, 6) is 0.224. The van der Waals surface area contributed by atoms with Gasteiger partial charge in [-0.1, -0.05) is 17.7 Å². The van der Waals surface area contributed by atoms with Gasteiger partial charge in [0, 0.05) is 5.56 Å². The van der Waals surface area contributed by atoms with Crippen molar-refractivity contribution >= 4 is 30.6 Å². The number of aromatic nitrogens is 2. The standard InChI is InChI=1S/C13H19BClN3O3/c1-12(2)13(3,4)21-14(20-12)9(7-19)5-8-6-10(15)17-18-11(8)16/h5-6,19H,7H2,1-4H3,(H2,16,18). The lowest BCUT2D eigenvalue weighted by Gasteiger charge is -2.32. The highest BCUT2D eigenvalue weighted by molar-refractivity contribution is 6.55. The molecule has 3 N–H and O–H groups in total. The van der Waals surface area contributed by atoms with E-state index in [4.69, 9.17) is 26.6 Å². The number of hydrogen-bond donors (Lipinski definition) is 2. The molecule has 1 saturated heterocycles. The number of anilines is 1. The van der Waals surface area contributed by atoms with Crippen LogP contribution in [0, 0.1) is 0 Å². The second-order valence-corrected chi connectivity index (χ2v) is 6.36. The van der Waals surface area contributed by atoms with Crippen LogP contribution in [0.2, 0.25) is 5.15 Å². The molecule has 8 heteroatoms. The quantitative estimate of drug-likeness (QED) is 0.826. The summed E-state index contributed by atoms with van der Waals surface area (Å²) in [6.45, 7) is 7.56. The van der Waals surface area contributed by atoms with Gasteiger partial charge in [-0.15, -0.1) is 10.2 Å². The van der Waals surface area contributed by atoms with Crippen molar-refractivity contribution < 1.29 is 14.4 Å². The van der Waals surface area contributed by atoms with Crippen LogP contribution in [-0.2, 0) is 9.31 Å². The SMILES string of the molecule is CC1(C)OB(C(=Cc2cc(Cl)nnc2N)CO)OC1(C)C. The van der Waals surface area contributed by atoms with Crippen LogP contribution in [0.15, 0.2) is 11.5 Å². The molecule has 0 radical (unpaired) electrons. The lowest BCUT2D eigenvalue weighted by atomic mass is 9.77. The zero-order chi connectivity index (χ0) is 15.8. The second-order valence-electron chi connectivity index (χ2n) is 5.97. The van der Waals surface area contributed by atoms with Crippen molar-refractivity contribution in [3.05, 3.63) is 22.3 Å². The third kappa shape index (κ3) is 3.21. The summed E-state index contributed by atoms with van der Waals surface area (Å²) >= 11 is 5.81. The minimum atomic E-state index is -0.647. The van der Waals surface area contributed by atoms with E-state index in [1.54, 1.807) is 12.1 Å². The second kappa shape index (κ2) is 5.57. The van der Waals surface area contributed by atoms with E-state index in [9.17, 15) is 5.11 Å². The topological polar surface area (TPSA) is 90.5 Å². The maximum Gasteiger partial charge on any atom is 0.492 e. The third-order valence-corrected chi connectivity index (χ3v) is 4.09. The number of rotatable bonds is 3. The predicted molar refractivity (Wildman–Crippen MR) is 82.6 cm³/mol. The predicted octanol–water partition coefficient (Wildman–Crippen LogP) is 1.72. The monoisotopic (exact) mass is 311 g/mol. The first-order valence-corrected chi connectivity index (χ1v) is 7.00. The first kappa shape index (κ1) is 16.2. The van der Waals surface area contributed by atoms with E-state index in [1.807, 2.05) is 27.7 Å². The fourth-order valence-corrected chi connectivity index (χ4v) is 2.04. The molecule has 1 aromatic rings. The highest BCUT2D eigenvalue weighted by atomic mass is 35.5. The molecule has 0 saturated carbocycles. The van der Waals surface area contributed by atoms with E-state index in [1.165, 1.54) is 0 Å². The van der Waals surface area contributed by atoms with Crippen molar-refractivity contribution in [2.24, 2.45) is 0 Å². The summed E-state index contributed by atoms with van der Waals surface area (Å²) in [5.41, 5.74) is 5.91. The molecule has 21 heavy (non-hydrogen) atoms. The van der Waals surface area contributed by atoms with Crippen LogP contribution in [0.3, 0.4) is 0 Å². The van der Waals surface area contributed by atoms with Crippen molar-refractivity contribution in [3.8, 4) is 0 Å². The number of nitrogens with zero attached hydrogens (tertiary/aromatic N) is 2. The molecule has 0 aliphatic carbocycles. The van der Waals surface area contributed by atoms with E-state index >= 15 is 0 Å². The Morgan fingerprint density at radius 2 is 1.90 bits per heavy atom. The number of aliphatic hydroxyl groups excluding tert-OH is 1. The Morgan fingerprint density at radius 3 is 2.43 bits per heavy atom. The van der Waals surface area contributed by atoms with Gasteiger partial charge in [-0.25, -0.2) is 0 Å². The molecule has 1 aliphatic rings. The van der Waals surface area contributed by atoms with Crippen molar-refractivity contribution in [1.82, 2.24) is 10.2 Å². The lowest BCUT2D eigenvalue weighted by Crippen LogP contribution is -2.41. The molecule has 0 aromatic carbocycles. The molecular formula is C13H19BClN3O3. The van der Waals surface area contributed by atoms with Crippen LogP contribution in [0.25, 0.3) is 6.08 Å². The van der Waals surface area contributed by atoms with Gasteiger partial charge in [0.15, 0.2) is 11.0 Å². The molecule has 6 nitrogen and oxygen atoms in total. The van der Waals surface area contributed by atoms with Gasteiger partial charge in [0.1, 0.15) is 0 Å². The normalized spacial score (nSPS) is 20.9. The molecule has 2 heterocycles. The van der Waals surface area contributed by atoms with Gasteiger partial charge >= 0.3 is 7.12 Å². The van der Waals surface area contributed by atoms with Gasteiger partial charge in [-0.2, -0.15) is 0 Å². The van der Waals surface area contributed by atoms with Crippen molar-refractivity contribution in [1.29, 1.82) is 0 Å². The first-order valence-electron chi connectivity index (χ1n) is 6.62. The highest BCUT2D eigenvalue weighted by Crippen LogP contribution is 2.38. The average molecular weight is 312 g/mol. The van der Waals surface area contributed by atoms with Crippen molar-refractivity contribution in [3.63, 3.8) is 0 Å². The number of nitrogen functional groups attached to an aromatic ring is 1. The van der Waals surface area contributed by atoms with Crippen LogP contribution in [0.1, 0.15) is 33.3 Å². The summed E-state index contributed by atoms with van der Waals surface area (Å²) in [6.07, 6.45) is 1.66. The van der Waals surface area contributed by atoms with E-state index in [0.29, 0.717) is 11.0 Å². The summed E-state index contributed by atoms with van der Waals surface area (Å²) in [6, 6.07) is 1.57. The smallest absolute Gasteiger partial charge is 0.400 e. The summed E-state index contributed by atoms with van der Waals surface area (Å²) in [5, 5.41) is 17.2. The van der Waals surface area contributed by atoms with E-state index in [-0.39, 0.29) is 17.6 Å². The van der Waals surface area contributed by atoms with Crippen molar-refractivity contribution in [2.75, 3.05) is 12.3 Å². The summed E-state index contributed by atoms with van der Waals surface area (Å²) in [7, 11) is -0.647. The molecule has 0 unspecified atom stereocenters. The summed E-state index contributed by atoms with van der Waals surface area (Å²) in [4.78, 5) is 0. The van der Waals surface area contributed by atoms with Crippen LogP contribution in [0.5, 0.6) is 0 Å². The van der Waals surface area contributed by atoms with Gasteiger partial charge in [0.25, 0.3) is 0 Å². The van der Waals surface area contributed by atoms with Gasteiger partial charge < -0.3 is 20.1 Å². The molecule has 2 rings (SSSR count). The van der Waals surface area contributed by atoms with Crippen LogP contribution in [0.4, 0.5) is 5.82 Å². The maximum atomic E-state index is 9.61. The zero-order valence-electron chi connectivity index (χ0n) is 12.6. The minimum absolute atomic E-state index is 0.224. The zero-order valence-corrected chi connectivity index (χ0v) is 13.3. The van der Waals surface area contributed by atoms with E-state index in [0.717, 1.165) is 0 Å². The molecule has 0 spiro atoms. The Balaban J connectivity index is 2.33. The molecule has 0 amide bonds. The Hall–Kier alpha value is -1.15. The summed E-state index contributed by atoms with van der Waals surface area (Å²) < 4.78 is 11.8. The van der Waals surface area contributed by atoms with Gasteiger partial charge in [0.2, 0.25) is 0 Å². The first-order chi connectivity index (χ1) is 9.66. The molecule has 0 bridgehead atoms. The Kier molecular flexibility index (Phi) is 4.30. The molecule has 0 atom stereocenters. The maximum absolute atomic E-state index is 9.61. The van der Waals surface area contributed by atoms with Gasteiger partial charge in [-0.05, 0) is 39.2 Å².